The molecule has 1 N–H and O–H groups in total. The van der Waals surface area contributed by atoms with Crippen LogP contribution >= 0.6 is 11.3 Å². The van der Waals surface area contributed by atoms with Crippen LogP contribution in [0.25, 0.3) is 11.0 Å². The zero-order valence-corrected chi connectivity index (χ0v) is 14.5. The molecule has 0 bridgehead atoms. The van der Waals surface area contributed by atoms with Gasteiger partial charge in [0.25, 0.3) is 0 Å². The maximum atomic E-state index is 12.4. The monoisotopic (exact) mass is 354 g/mol. The van der Waals surface area contributed by atoms with Crippen LogP contribution < -0.4 is 4.90 Å². The topological polar surface area (TPSA) is 69.3 Å². The molecule has 0 spiro atoms. The van der Waals surface area contributed by atoms with Crippen LogP contribution in [0, 0.1) is 0 Å². The van der Waals surface area contributed by atoms with E-state index in [1.165, 1.54) is 0 Å². The number of carbonyl (C=O) groups is 2. The average molecular weight is 354 g/mol. The Morgan fingerprint density at radius 1 is 1.20 bits per heavy atom. The minimum Gasteiger partial charge on any atom is -0.342 e. The van der Waals surface area contributed by atoms with Crippen LogP contribution in [0.3, 0.4) is 0 Å². The van der Waals surface area contributed by atoms with Crippen LogP contribution in [0.4, 0.5) is 5.00 Å². The molecule has 3 aromatic rings. The summed E-state index contributed by atoms with van der Waals surface area (Å²) in [6.45, 7) is 1.27. The maximum absolute atomic E-state index is 12.4. The molecule has 128 valence electrons. The second-order valence-electron chi connectivity index (χ2n) is 6.01. The third kappa shape index (κ3) is 3.28. The van der Waals surface area contributed by atoms with Gasteiger partial charge in [0.2, 0.25) is 11.8 Å². The molecule has 7 heteroatoms. The molecule has 4 rings (SSSR count). The van der Waals surface area contributed by atoms with Crippen LogP contribution in [0.1, 0.15) is 12.2 Å². The van der Waals surface area contributed by atoms with Gasteiger partial charge in [0, 0.05) is 25.9 Å². The number of para-hydroxylation sites is 2. The second-order valence-corrected chi connectivity index (χ2v) is 6.94. The van der Waals surface area contributed by atoms with Gasteiger partial charge in [-0.25, -0.2) is 4.98 Å². The highest BCUT2D eigenvalue weighted by Crippen LogP contribution is 2.23. The molecule has 2 aromatic heterocycles. The Morgan fingerprint density at radius 3 is 2.84 bits per heavy atom. The fourth-order valence-corrected chi connectivity index (χ4v) is 3.82. The summed E-state index contributed by atoms with van der Waals surface area (Å²) < 4.78 is 0. The summed E-state index contributed by atoms with van der Waals surface area (Å²) in [6, 6.07) is 11.7. The average Bonchev–Trinajstić information content (AvgIpc) is 3.28. The molecule has 3 heterocycles. The van der Waals surface area contributed by atoms with E-state index in [-0.39, 0.29) is 18.4 Å². The van der Waals surface area contributed by atoms with Gasteiger partial charge in [0.15, 0.2) is 0 Å². The number of amides is 2. The predicted octanol–water partition coefficient (Wildman–Crippen LogP) is 2.43. The van der Waals surface area contributed by atoms with Gasteiger partial charge >= 0.3 is 0 Å². The van der Waals surface area contributed by atoms with Crippen LogP contribution in [0.5, 0.6) is 0 Å². The Labute approximate surface area is 149 Å². The number of H-pyrrole nitrogens is 1. The van der Waals surface area contributed by atoms with Crippen molar-refractivity contribution in [3.63, 3.8) is 0 Å². The molecule has 0 aliphatic carbocycles. The Kier molecular flexibility index (Phi) is 4.23. The van der Waals surface area contributed by atoms with E-state index in [2.05, 4.69) is 9.97 Å². The highest BCUT2D eigenvalue weighted by Gasteiger charge is 2.28. The standard InChI is InChI=1S/C18H18N4O2S/c23-16(8-7-15-19-13-4-1-2-5-14(13)20-15)21-9-10-22(17(24)12-21)18-6-3-11-25-18/h1-6,11H,7-10,12H2,(H,19,20). The molecule has 2 amide bonds. The zero-order valence-electron chi connectivity index (χ0n) is 13.6. The van der Waals surface area contributed by atoms with E-state index in [9.17, 15) is 9.59 Å². The van der Waals surface area contributed by atoms with E-state index in [0.717, 1.165) is 21.9 Å². The third-order valence-corrected chi connectivity index (χ3v) is 5.25. The number of imidazole rings is 1. The maximum Gasteiger partial charge on any atom is 0.247 e. The van der Waals surface area contributed by atoms with Crippen molar-refractivity contribution in [1.82, 2.24) is 14.9 Å². The molecule has 0 radical (unpaired) electrons. The third-order valence-electron chi connectivity index (χ3n) is 4.36. The van der Waals surface area contributed by atoms with Gasteiger partial charge in [0.1, 0.15) is 12.4 Å². The summed E-state index contributed by atoms with van der Waals surface area (Å²) in [6.07, 6.45) is 0.902. The highest BCUT2D eigenvalue weighted by molar-refractivity contribution is 7.14. The van der Waals surface area contributed by atoms with E-state index < -0.39 is 0 Å². The summed E-state index contributed by atoms with van der Waals surface area (Å²) in [7, 11) is 0. The van der Waals surface area contributed by atoms with Crippen molar-refractivity contribution in [2.75, 3.05) is 24.5 Å². The molecule has 1 fully saturated rings. The van der Waals surface area contributed by atoms with Crippen LogP contribution in [-0.4, -0.2) is 46.3 Å². The van der Waals surface area contributed by atoms with E-state index in [1.807, 2.05) is 41.8 Å². The number of benzene rings is 1. The lowest BCUT2D eigenvalue weighted by Gasteiger charge is -2.33. The first-order valence-corrected chi connectivity index (χ1v) is 9.14. The number of rotatable bonds is 4. The van der Waals surface area contributed by atoms with Crippen LogP contribution in [0.15, 0.2) is 41.8 Å². The Bertz CT molecular complexity index is 870. The number of piperazine rings is 1. The van der Waals surface area contributed by atoms with Gasteiger partial charge < -0.3 is 14.8 Å². The number of carbonyl (C=O) groups excluding carboxylic acids is 2. The van der Waals surface area contributed by atoms with E-state index in [4.69, 9.17) is 0 Å². The van der Waals surface area contributed by atoms with E-state index >= 15 is 0 Å². The van der Waals surface area contributed by atoms with Crippen molar-refractivity contribution in [2.24, 2.45) is 0 Å². The summed E-state index contributed by atoms with van der Waals surface area (Å²) >= 11 is 1.54. The summed E-state index contributed by atoms with van der Waals surface area (Å²) in [5.74, 6) is 0.781. The van der Waals surface area contributed by atoms with Crippen LogP contribution in [0.2, 0.25) is 0 Å². The fourth-order valence-electron chi connectivity index (χ4n) is 3.05. The molecular weight excluding hydrogens is 336 g/mol. The van der Waals surface area contributed by atoms with Gasteiger partial charge in [-0.1, -0.05) is 12.1 Å². The number of nitrogens with zero attached hydrogens (tertiary/aromatic N) is 3. The molecule has 0 atom stereocenters. The smallest absolute Gasteiger partial charge is 0.247 e. The highest BCUT2D eigenvalue weighted by atomic mass is 32.1. The number of aromatic amines is 1. The number of thiophene rings is 1. The number of aryl methyl sites for hydroxylation is 1. The number of hydrogen-bond donors (Lipinski definition) is 1. The first kappa shape index (κ1) is 15.8. The molecule has 1 saturated heterocycles. The quantitative estimate of drug-likeness (QED) is 0.782. The Hall–Kier alpha value is -2.67. The van der Waals surface area contributed by atoms with Gasteiger partial charge in [0.05, 0.1) is 16.0 Å². The number of hydrogen-bond acceptors (Lipinski definition) is 4. The molecule has 0 saturated carbocycles. The number of fused-ring (bicyclic) bond motifs is 1. The second kappa shape index (κ2) is 6.68. The molecule has 1 aliphatic rings. The SMILES string of the molecule is O=C(CCc1nc2ccccc2[nH]1)N1CCN(c2cccs2)C(=O)C1. The van der Waals surface area contributed by atoms with Crippen molar-refractivity contribution in [1.29, 1.82) is 0 Å². The molecule has 0 unspecified atom stereocenters. The van der Waals surface area contributed by atoms with Gasteiger partial charge in [-0.05, 0) is 29.6 Å². The van der Waals surface area contributed by atoms with E-state index in [0.29, 0.717) is 25.9 Å². The Balaban J connectivity index is 1.35. The van der Waals surface area contributed by atoms with Crippen molar-refractivity contribution in [3.8, 4) is 0 Å². The van der Waals surface area contributed by atoms with Gasteiger partial charge in [-0.2, -0.15) is 0 Å². The normalized spacial score (nSPS) is 15.1. The lowest BCUT2D eigenvalue weighted by atomic mass is 10.2. The number of aromatic nitrogens is 2. The lowest BCUT2D eigenvalue weighted by Crippen LogP contribution is -2.52. The van der Waals surface area contributed by atoms with Crippen molar-refractivity contribution in [3.05, 3.63) is 47.6 Å². The molecule has 6 nitrogen and oxygen atoms in total. The molecule has 25 heavy (non-hydrogen) atoms. The largest absolute Gasteiger partial charge is 0.342 e. The first-order valence-electron chi connectivity index (χ1n) is 8.26. The Morgan fingerprint density at radius 2 is 2.08 bits per heavy atom. The van der Waals surface area contributed by atoms with Gasteiger partial charge in [-0.3, -0.25) is 9.59 Å². The minimum atomic E-state index is -0.0224. The number of nitrogens with one attached hydrogen (secondary N) is 1. The fraction of sp³-hybridized carbons (Fsp3) is 0.278. The van der Waals surface area contributed by atoms with Crippen LogP contribution in [-0.2, 0) is 16.0 Å². The minimum absolute atomic E-state index is 0.000337. The summed E-state index contributed by atoms with van der Waals surface area (Å²) in [4.78, 5) is 35.9. The first-order chi connectivity index (χ1) is 12.2. The predicted molar refractivity (Wildman–Crippen MR) is 97.7 cm³/mol. The van der Waals surface area contributed by atoms with E-state index in [1.54, 1.807) is 21.1 Å². The summed E-state index contributed by atoms with van der Waals surface area (Å²) in [5.41, 5.74) is 1.88. The number of anilines is 1. The van der Waals surface area contributed by atoms with Crippen molar-refractivity contribution >= 4 is 39.2 Å². The molecule has 1 aromatic carbocycles. The summed E-state index contributed by atoms with van der Waals surface area (Å²) in [5, 5.41) is 2.90. The molecular formula is C18H18N4O2S. The van der Waals surface area contributed by atoms with Gasteiger partial charge in [-0.15, -0.1) is 11.3 Å². The van der Waals surface area contributed by atoms with Crippen molar-refractivity contribution in [2.45, 2.75) is 12.8 Å². The van der Waals surface area contributed by atoms with Crippen molar-refractivity contribution < 1.29 is 9.59 Å². The zero-order chi connectivity index (χ0) is 17.2. The molecule has 1 aliphatic heterocycles. The lowest BCUT2D eigenvalue weighted by molar-refractivity contribution is -0.136.